The van der Waals surface area contributed by atoms with Gasteiger partial charge in [0.05, 0.1) is 17.5 Å². The number of nitrogens with two attached hydrogens (primary N) is 1. The quantitative estimate of drug-likeness (QED) is 0.813. The van der Waals surface area contributed by atoms with Crippen molar-refractivity contribution < 1.29 is 4.79 Å². The summed E-state index contributed by atoms with van der Waals surface area (Å²) >= 11 is 0. The summed E-state index contributed by atoms with van der Waals surface area (Å²) in [6, 6.07) is 0. The van der Waals surface area contributed by atoms with Gasteiger partial charge in [0.25, 0.3) is 0 Å². The Balaban J connectivity index is 1.67. The van der Waals surface area contributed by atoms with Crippen molar-refractivity contribution in [2.75, 3.05) is 31.5 Å². The number of nitrogens with one attached hydrogen (secondary N) is 1. The number of likely N-dealkylation sites (tertiary alicyclic amines) is 1. The molecule has 2 aromatic heterocycles. The van der Waals surface area contributed by atoms with Gasteiger partial charge in [-0.05, 0) is 19.4 Å². The number of amides is 1. The van der Waals surface area contributed by atoms with Crippen LogP contribution in [-0.2, 0) is 11.8 Å². The fraction of sp³-hybridized carbons (Fsp3) is 0.647. The van der Waals surface area contributed by atoms with Gasteiger partial charge in [0.2, 0.25) is 5.91 Å². The third-order valence-electron chi connectivity index (χ3n) is 4.75. The average Bonchev–Trinajstić information content (AvgIpc) is 2.96. The van der Waals surface area contributed by atoms with E-state index in [9.17, 15) is 4.79 Å². The number of carbonyl (C=O) groups excluding carboxylic acids is 1. The fourth-order valence-corrected chi connectivity index (χ4v) is 3.26. The first-order valence-corrected chi connectivity index (χ1v) is 8.91. The van der Waals surface area contributed by atoms with E-state index >= 15 is 0 Å². The van der Waals surface area contributed by atoms with Crippen molar-refractivity contribution in [1.82, 2.24) is 24.6 Å². The minimum Gasteiger partial charge on any atom is -0.369 e. The predicted molar refractivity (Wildman–Crippen MR) is 97.2 cm³/mol. The van der Waals surface area contributed by atoms with Gasteiger partial charge in [0.15, 0.2) is 5.65 Å². The lowest BCUT2D eigenvalue weighted by Gasteiger charge is -2.31. The first-order chi connectivity index (χ1) is 12.0. The summed E-state index contributed by atoms with van der Waals surface area (Å²) in [6.45, 7) is 7.53. The van der Waals surface area contributed by atoms with Crippen LogP contribution in [-0.4, -0.2) is 56.7 Å². The Hall–Kier alpha value is -2.22. The summed E-state index contributed by atoms with van der Waals surface area (Å²) in [5, 5.41) is 8.65. The molecule has 1 saturated heterocycles. The minimum absolute atomic E-state index is 0.0228. The SMILES string of the molecule is CC(C)c1nc(NCCN2CCC[C@H](C(N)=O)C2)c2cnn(C)c2n1. The van der Waals surface area contributed by atoms with Crippen molar-refractivity contribution in [1.29, 1.82) is 0 Å². The lowest BCUT2D eigenvalue weighted by molar-refractivity contribution is -0.123. The summed E-state index contributed by atoms with van der Waals surface area (Å²) < 4.78 is 1.77. The number of carbonyl (C=O) groups is 1. The molecule has 0 bridgehead atoms. The van der Waals surface area contributed by atoms with E-state index in [0.29, 0.717) is 0 Å². The van der Waals surface area contributed by atoms with E-state index in [0.717, 1.165) is 61.7 Å². The zero-order valence-corrected chi connectivity index (χ0v) is 15.2. The second kappa shape index (κ2) is 7.35. The van der Waals surface area contributed by atoms with Crippen LogP contribution in [0.1, 0.15) is 38.4 Å². The van der Waals surface area contributed by atoms with Gasteiger partial charge in [0.1, 0.15) is 11.6 Å². The smallest absolute Gasteiger partial charge is 0.221 e. The maximum atomic E-state index is 11.4. The van der Waals surface area contributed by atoms with Crippen LogP contribution in [0.4, 0.5) is 5.82 Å². The van der Waals surface area contributed by atoms with Gasteiger partial charge in [-0.3, -0.25) is 9.48 Å². The highest BCUT2D eigenvalue weighted by atomic mass is 16.1. The lowest BCUT2D eigenvalue weighted by Crippen LogP contribution is -2.42. The van der Waals surface area contributed by atoms with Crippen LogP contribution in [0.15, 0.2) is 6.20 Å². The molecule has 1 amide bonds. The highest BCUT2D eigenvalue weighted by Crippen LogP contribution is 2.22. The molecular weight excluding hydrogens is 318 g/mol. The number of hydrogen-bond acceptors (Lipinski definition) is 6. The first kappa shape index (κ1) is 17.6. The van der Waals surface area contributed by atoms with Crippen LogP contribution in [0.25, 0.3) is 11.0 Å². The number of hydrogen-bond donors (Lipinski definition) is 2. The van der Waals surface area contributed by atoms with Gasteiger partial charge in [-0.1, -0.05) is 13.8 Å². The molecule has 8 nitrogen and oxygen atoms in total. The van der Waals surface area contributed by atoms with Crippen molar-refractivity contribution in [2.45, 2.75) is 32.6 Å². The molecule has 0 spiro atoms. The Morgan fingerprint density at radius 2 is 2.24 bits per heavy atom. The van der Waals surface area contributed by atoms with Crippen molar-refractivity contribution in [3.63, 3.8) is 0 Å². The molecule has 2 aromatic rings. The van der Waals surface area contributed by atoms with Crippen LogP contribution in [0.3, 0.4) is 0 Å². The zero-order chi connectivity index (χ0) is 18.0. The van der Waals surface area contributed by atoms with E-state index < -0.39 is 0 Å². The van der Waals surface area contributed by atoms with Crippen LogP contribution in [0.2, 0.25) is 0 Å². The van der Waals surface area contributed by atoms with E-state index in [2.05, 4.69) is 39.1 Å². The van der Waals surface area contributed by atoms with Gasteiger partial charge < -0.3 is 16.0 Å². The van der Waals surface area contributed by atoms with Crippen LogP contribution >= 0.6 is 0 Å². The molecule has 0 radical (unpaired) electrons. The third kappa shape index (κ3) is 3.89. The minimum atomic E-state index is -0.188. The molecule has 3 rings (SSSR count). The lowest BCUT2D eigenvalue weighted by atomic mass is 9.97. The number of piperidine rings is 1. The first-order valence-electron chi connectivity index (χ1n) is 8.91. The van der Waals surface area contributed by atoms with Gasteiger partial charge in [-0.2, -0.15) is 5.10 Å². The van der Waals surface area contributed by atoms with E-state index in [1.807, 2.05) is 7.05 Å². The zero-order valence-electron chi connectivity index (χ0n) is 15.2. The number of anilines is 1. The molecule has 0 unspecified atom stereocenters. The topological polar surface area (TPSA) is 102 Å². The normalized spacial score (nSPS) is 18.8. The van der Waals surface area contributed by atoms with Crippen LogP contribution in [0, 0.1) is 5.92 Å². The molecule has 0 aromatic carbocycles. The average molecular weight is 345 g/mol. The molecular formula is C17H27N7O. The molecule has 25 heavy (non-hydrogen) atoms. The number of rotatable bonds is 6. The van der Waals surface area contributed by atoms with Crippen LogP contribution < -0.4 is 11.1 Å². The summed E-state index contributed by atoms with van der Waals surface area (Å²) in [5.41, 5.74) is 6.29. The van der Waals surface area contributed by atoms with E-state index in [4.69, 9.17) is 5.73 Å². The Morgan fingerprint density at radius 1 is 1.44 bits per heavy atom. The number of aromatic nitrogens is 4. The summed E-state index contributed by atoms with van der Waals surface area (Å²) in [6.07, 6.45) is 3.72. The molecule has 136 valence electrons. The second-order valence-corrected chi connectivity index (χ2v) is 7.06. The largest absolute Gasteiger partial charge is 0.369 e. The molecule has 3 N–H and O–H groups in total. The molecule has 1 aliphatic rings. The molecule has 0 saturated carbocycles. The Kier molecular flexibility index (Phi) is 5.17. The van der Waals surface area contributed by atoms with Crippen molar-refractivity contribution in [2.24, 2.45) is 18.7 Å². The van der Waals surface area contributed by atoms with Crippen molar-refractivity contribution >= 4 is 22.8 Å². The Morgan fingerprint density at radius 3 is 2.96 bits per heavy atom. The summed E-state index contributed by atoms with van der Waals surface area (Å²) in [7, 11) is 1.89. The monoisotopic (exact) mass is 345 g/mol. The van der Waals surface area contributed by atoms with Gasteiger partial charge in [-0.25, -0.2) is 9.97 Å². The maximum absolute atomic E-state index is 11.4. The molecule has 1 fully saturated rings. The number of aryl methyl sites for hydroxylation is 1. The Labute approximate surface area is 147 Å². The van der Waals surface area contributed by atoms with Gasteiger partial charge >= 0.3 is 0 Å². The van der Waals surface area contributed by atoms with Crippen LogP contribution in [0.5, 0.6) is 0 Å². The molecule has 0 aliphatic carbocycles. The van der Waals surface area contributed by atoms with E-state index in [1.54, 1.807) is 10.9 Å². The summed E-state index contributed by atoms with van der Waals surface area (Å²) in [5.74, 6) is 1.67. The predicted octanol–water partition coefficient (Wildman–Crippen LogP) is 1.10. The summed E-state index contributed by atoms with van der Waals surface area (Å²) in [4.78, 5) is 23.0. The molecule has 1 aliphatic heterocycles. The number of fused-ring (bicyclic) bond motifs is 1. The molecule has 3 heterocycles. The molecule has 8 heteroatoms. The maximum Gasteiger partial charge on any atom is 0.221 e. The van der Waals surface area contributed by atoms with Crippen molar-refractivity contribution in [3.8, 4) is 0 Å². The standard InChI is InChI=1S/C17H27N7O/c1-11(2)15-21-16(13-9-20-23(3)17(13)22-15)19-6-8-24-7-4-5-12(10-24)14(18)25/h9,11-12H,4-8,10H2,1-3H3,(H2,18,25)(H,19,21,22)/t12-/m0/s1. The Bertz CT molecular complexity index is 755. The second-order valence-electron chi connectivity index (χ2n) is 7.06. The third-order valence-corrected chi connectivity index (χ3v) is 4.75. The highest BCUT2D eigenvalue weighted by molar-refractivity contribution is 5.86. The van der Waals surface area contributed by atoms with E-state index in [1.165, 1.54) is 0 Å². The van der Waals surface area contributed by atoms with E-state index in [-0.39, 0.29) is 17.7 Å². The van der Waals surface area contributed by atoms with Crippen molar-refractivity contribution in [3.05, 3.63) is 12.0 Å². The highest BCUT2D eigenvalue weighted by Gasteiger charge is 2.23. The van der Waals surface area contributed by atoms with Gasteiger partial charge in [0, 0.05) is 32.6 Å². The number of primary amides is 1. The van der Waals surface area contributed by atoms with Gasteiger partial charge in [-0.15, -0.1) is 0 Å². The molecule has 1 atom stereocenters. The number of nitrogens with zero attached hydrogens (tertiary/aromatic N) is 5. The fourth-order valence-electron chi connectivity index (χ4n) is 3.26.